The molecule has 9 heavy (non-hydrogen) atoms. The number of hydrogen-bond acceptors (Lipinski definition) is 2. The highest BCUT2D eigenvalue weighted by Crippen LogP contribution is 1.97. The number of carbonyl (C=O) groups is 1. The number of hydrogen-bond donors (Lipinski definition) is 1. The lowest BCUT2D eigenvalue weighted by molar-refractivity contribution is -0.102. The van der Waals surface area contributed by atoms with Crippen molar-refractivity contribution in [1.29, 1.82) is 5.41 Å². The second-order valence-electron chi connectivity index (χ2n) is 2.10. The summed E-state index contributed by atoms with van der Waals surface area (Å²) in [6.45, 7) is 2.10. The molecule has 1 N–H and O–H groups in total. The Morgan fingerprint density at radius 2 is 2.22 bits per heavy atom. The zero-order chi connectivity index (χ0) is 7.11. The van der Waals surface area contributed by atoms with Crippen molar-refractivity contribution in [3.8, 4) is 0 Å². The lowest BCUT2D eigenvalue weighted by atomic mass is 10.1. The summed E-state index contributed by atoms with van der Waals surface area (Å²) in [4.78, 5) is 9.87. The van der Waals surface area contributed by atoms with Crippen LogP contribution in [0.25, 0.3) is 0 Å². The fraction of sp³-hybridized carbons (Fsp3) is 0.714. The predicted molar refractivity (Wildman–Crippen MR) is 37.9 cm³/mol. The third kappa shape index (κ3) is 5.21. The van der Waals surface area contributed by atoms with E-state index in [-0.39, 0.29) is 5.71 Å². The summed E-state index contributed by atoms with van der Waals surface area (Å²) in [5, 5.41) is 6.95. The second-order valence-corrected chi connectivity index (χ2v) is 2.10. The summed E-state index contributed by atoms with van der Waals surface area (Å²) in [6.07, 6.45) is 4.52. The van der Waals surface area contributed by atoms with Crippen LogP contribution >= 0.6 is 0 Å². The van der Waals surface area contributed by atoms with Gasteiger partial charge in [-0.3, -0.25) is 4.79 Å². The minimum absolute atomic E-state index is 0.225. The molecule has 0 aromatic carbocycles. The lowest BCUT2D eigenvalue weighted by Crippen LogP contribution is -1.95. The Morgan fingerprint density at radius 1 is 1.56 bits per heavy atom. The Hall–Kier alpha value is -0.660. The van der Waals surface area contributed by atoms with E-state index in [2.05, 4.69) is 6.92 Å². The van der Waals surface area contributed by atoms with Crippen LogP contribution in [0, 0.1) is 5.41 Å². The van der Waals surface area contributed by atoms with Crippen LogP contribution in [0.15, 0.2) is 0 Å². The number of aldehydes is 1. The van der Waals surface area contributed by atoms with E-state index in [4.69, 9.17) is 5.41 Å². The topological polar surface area (TPSA) is 40.9 Å². The van der Waals surface area contributed by atoms with Gasteiger partial charge in [-0.2, -0.15) is 0 Å². The number of rotatable bonds is 5. The molecule has 0 saturated carbocycles. The maximum absolute atomic E-state index is 9.87. The maximum Gasteiger partial charge on any atom is 0.163 e. The summed E-state index contributed by atoms with van der Waals surface area (Å²) in [6, 6.07) is 0. The SMILES string of the molecule is CCCCCC(=N)C=O. The van der Waals surface area contributed by atoms with Crippen molar-refractivity contribution in [1.82, 2.24) is 0 Å². The van der Waals surface area contributed by atoms with Crippen molar-refractivity contribution in [3.63, 3.8) is 0 Å². The summed E-state index contributed by atoms with van der Waals surface area (Å²) < 4.78 is 0. The van der Waals surface area contributed by atoms with Crippen LogP contribution in [0.5, 0.6) is 0 Å². The van der Waals surface area contributed by atoms with Gasteiger partial charge in [0.1, 0.15) is 0 Å². The first kappa shape index (κ1) is 8.34. The molecule has 2 nitrogen and oxygen atoms in total. The van der Waals surface area contributed by atoms with Crippen molar-refractivity contribution in [3.05, 3.63) is 0 Å². The van der Waals surface area contributed by atoms with Crippen LogP contribution in [-0.2, 0) is 4.79 Å². The average Bonchev–Trinajstić information content (AvgIpc) is 1.89. The number of carbonyl (C=O) groups excluding carboxylic acids is 1. The molecule has 0 atom stereocenters. The van der Waals surface area contributed by atoms with Gasteiger partial charge in [-0.25, -0.2) is 0 Å². The van der Waals surface area contributed by atoms with Crippen molar-refractivity contribution in [2.24, 2.45) is 0 Å². The fourth-order valence-electron chi connectivity index (χ4n) is 0.624. The Kier molecular flexibility index (Phi) is 5.07. The fourth-order valence-corrected chi connectivity index (χ4v) is 0.624. The lowest BCUT2D eigenvalue weighted by Gasteiger charge is -1.92. The molecule has 0 aliphatic carbocycles. The molecule has 0 radical (unpaired) electrons. The van der Waals surface area contributed by atoms with Gasteiger partial charge >= 0.3 is 0 Å². The van der Waals surface area contributed by atoms with E-state index in [1.54, 1.807) is 0 Å². The number of unbranched alkanes of at least 4 members (excludes halogenated alkanes) is 2. The van der Waals surface area contributed by atoms with Gasteiger partial charge < -0.3 is 5.41 Å². The molecule has 0 heterocycles. The highest BCUT2D eigenvalue weighted by molar-refractivity contribution is 6.26. The summed E-state index contributed by atoms with van der Waals surface area (Å²) in [7, 11) is 0. The Morgan fingerprint density at radius 3 is 2.67 bits per heavy atom. The third-order valence-electron chi connectivity index (χ3n) is 1.19. The maximum atomic E-state index is 9.87. The summed E-state index contributed by atoms with van der Waals surface area (Å²) >= 11 is 0. The van der Waals surface area contributed by atoms with Crippen LogP contribution in [0.1, 0.15) is 32.6 Å². The quantitative estimate of drug-likeness (QED) is 0.341. The van der Waals surface area contributed by atoms with Gasteiger partial charge in [0.15, 0.2) is 6.29 Å². The van der Waals surface area contributed by atoms with Crippen molar-refractivity contribution >= 4 is 12.0 Å². The third-order valence-corrected chi connectivity index (χ3v) is 1.19. The molecule has 0 bridgehead atoms. The molecule has 0 amide bonds. The molecule has 0 aliphatic rings. The minimum atomic E-state index is 0.225. The minimum Gasteiger partial charge on any atom is -0.302 e. The monoisotopic (exact) mass is 127 g/mol. The Bertz CT molecular complexity index is 99.1. The molecular weight excluding hydrogens is 114 g/mol. The van der Waals surface area contributed by atoms with E-state index in [9.17, 15) is 4.79 Å². The van der Waals surface area contributed by atoms with E-state index < -0.39 is 0 Å². The Labute approximate surface area is 55.8 Å². The van der Waals surface area contributed by atoms with Crippen molar-refractivity contribution in [2.45, 2.75) is 32.6 Å². The van der Waals surface area contributed by atoms with Crippen molar-refractivity contribution < 1.29 is 4.79 Å². The van der Waals surface area contributed by atoms with Gasteiger partial charge in [0.25, 0.3) is 0 Å². The molecule has 0 rings (SSSR count). The van der Waals surface area contributed by atoms with Gasteiger partial charge in [0.05, 0.1) is 5.71 Å². The molecule has 2 heteroatoms. The highest BCUT2D eigenvalue weighted by atomic mass is 16.1. The van der Waals surface area contributed by atoms with Gasteiger partial charge in [-0.05, 0) is 12.8 Å². The van der Waals surface area contributed by atoms with E-state index in [0.717, 1.165) is 19.3 Å². The summed E-state index contributed by atoms with van der Waals surface area (Å²) in [5.74, 6) is 0. The van der Waals surface area contributed by atoms with Gasteiger partial charge in [0.2, 0.25) is 0 Å². The smallest absolute Gasteiger partial charge is 0.163 e. The first-order valence-electron chi connectivity index (χ1n) is 3.34. The van der Waals surface area contributed by atoms with E-state index in [1.165, 1.54) is 0 Å². The zero-order valence-electron chi connectivity index (χ0n) is 5.81. The van der Waals surface area contributed by atoms with Crippen LogP contribution in [0.3, 0.4) is 0 Å². The zero-order valence-corrected chi connectivity index (χ0v) is 5.81. The van der Waals surface area contributed by atoms with E-state index in [0.29, 0.717) is 12.7 Å². The molecule has 0 aromatic rings. The number of nitrogens with one attached hydrogen (secondary N) is 1. The average molecular weight is 127 g/mol. The van der Waals surface area contributed by atoms with Crippen LogP contribution in [0.4, 0.5) is 0 Å². The first-order valence-corrected chi connectivity index (χ1v) is 3.34. The van der Waals surface area contributed by atoms with Gasteiger partial charge in [-0.15, -0.1) is 0 Å². The van der Waals surface area contributed by atoms with Crippen molar-refractivity contribution in [2.75, 3.05) is 0 Å². The summed E-state index contributed by atoms with van der Waals surface area (Å²) in [5.41, 5.74) is 0.225. The first-order chi connectivity index (χ1) is 4.31. The van der Waals surface area contributed by atoms with Gasteiger partial charge in [0, 0.05) is 0 Å². The molecule has 0 aliphatic heterocycles. The molecule has 0 aromatic heterocycles. The van der Waals surface area contributed by atoms with Crippen LogP contribution in [0.2, 0.25) is 0 Å². The predicted octanol–water partition coefficient (Wildman–Crippen LogP) is 1.79. The van der Waals surface area contributed by atoms with Crippen LogP contribution in [-0.4, -0.2) is 12.0 Å². The standard InChI is InChI=1S/C7H13NO/c1-2-3-4-5-7(8)6-9/h6,8H,2-5H2,1H3. The largest absolute Gasteiger partial charge is 0.302 e. The molecule has 52 valence electrons. The van der Waals surface area contributed by atoms with E-state index >= 15 is 0 Å². The van der Waals surface area contributed by atoms with E-state index in [1.807, 2.05) is 0 Å². The molecule has 0 unspecified atom stereocenters. The second kappa shape index (κ2) is 5.48. The molecular formula is C7H13NO. The van der Waals surface area contributed by atoms with Gasteiger partial charge in [-0.1, -0.05) is 19.8 Å². The van der Waals surface area contributed by atoms with Crippen LogP contribution < -0.4 is 0 Å². The Balaban J connectivity index is 3.07. The molecule has 0 saturated heterocycles. The highest BCUT2D eigenvalue weighted by Gasteiger charge is 1.91. The molecule has 0 fully saturated rings. The molecule has 0 spiro atoms. The normalized spacial score (nSPS) is 9.00.